The van der Waals surface area contributed by atoms with Gasteiger partial charge >= 0.3 is 5.97 Å². The van der Waals surface area contributed by atoms with E-state index in [-0.39, 0.29) is 27.9 Å². The smallest absolute Gasteiger partial charge is 0.326 e. The molecule has 0 bridgehead atoms. The molecule has 0 radical (unpaired) electrons. The van der Waals surface area contributed by atoms with Crippen molar-refractivity contribution in [3.05, 3.63) is 69.2 Å². The Kier molecular flexibility index (Phi) is 8.97. The molecule has 182 valence electrons. The van der Waals surface area contributed by atoms with Crippen molar-refractivity contribution in [3.63, 3.8) is 0 Å². The molecular formula is C26H30Cl2N2O4. The number of nitrogens with one attached hydrogen (secondary N) is 1. The number of aliphatic carboxylic acids is 1. The van der Waals surface area contributed by atoms with Crippen molar-refractivity contribution in [1.82, 2.24) is 10.2 Å². The highest BCUT2D eigenvalue weighted by molar-refractivity contribution is 6.39. The van der Waals surface area contributed by atoms with Gasteiger partial charge in [-0.3, -0.25) is 9.59 Å². The molecule has 1 atom stereocenters. The minimum absolute atomic E-state index is 0.0608. The standard InChI is InChI=1S/C26H30Cl2N2O4/c1-16(2)14-23(31)30-12-10-19(11-13-30)18-8-6-17(7-9-18)15-22(26(33)34)29-25(32)24-20(27)4-3-5-21(24)28/h3-9,16,19,22H,10-15H2,1-2H3,(H,29,32)(H,33,34)/t22-/m0/s1. The Hall–Kier alpha value is -2.57. The van der Waals surface area contributed by atoms with Gasteiger partial charge in [0.2, 0.25) is 5.91 Å². The summed E-state index contributed by atoms with van der Waals surface area (Å²) in [5.74, 6) is -0.811. The van der Waals surface area contributed by atoms with Crippen molar-refractivity contribution in [2.75, 3.05) is 13.1 Å². The number of benzene rings is 2. The maximum Gasteiger partial charge on any atom is 0.326 e. The molecule has 2 N–H and O–H groups in total. The molecule has 1 heterocycles. The zero-order valence-corrected chi connectivity index (χ0v) is 20.9. The zero-order valence-electron chi connectivity index (χ0n) is 19.4. The molecule has 8 heteroatoms. The average Bonchev–Trinajstić information content (AvgIpc) is 2.78. The minimum atomic E-state index is -1.14. The van der Waals surface area contributed by atoms with Gasteiger partial charge < -0.3 is 15.3 Å². The molecular weight excluding hydrogens is 475 g/mol. The summed E-state index contributed by atoms with van der Waals surface area (Å²) < 4.78 is 0. The molecule has 1 fully saturated rings. The molecule has 1 aliphatic heterocycles. The summed E-state index contributed by atoms with van der Waals surface area (Å²) in [6.07, 6.45) is 2.54. The number of hydrogen-bond acceptors (Lipinski definition) is 3. The zero-order chi connectivity index (χ0) is 24.8. The van der Waals surface area contributed by atoms with Gasteiger partial charge in [0.05, 0.1) is 15.6 Å². The molecule has 0 aliphatic carbocycles. The topological polar surface area (TPSA) is 86.7 Å². The maximum atomic E-state index is 12.6. The molecule has 2 aromatic rings. The Labute approximate surface area is 210 Å². The van der Waals surface area contributed by atoms with Gasteiger partial charge in [-0.05, 0) is 47.9 Å². The second kappa shape index (κ2) is 11.7. The van der Waals surface area contributed by atoms with Crippen LogP contribution < -0.4 is 5.32 Å². The van der Waals surface area contributed by atoms with Gasteiger partial charge in [0.1, 0.15) is 6.04 Å². The summed E-state index contributed by atoms with van der Waals surface area (Å²) in [7, 11) is 0. The number of piperidine rings is 1. The Balaban J connectivity index is 1.60. The highest BCUT2D eigenvalue weighted by Crippen LogP contribution is 2.29. The largest absolute Gasteiger partial charge is 0.480 e. The molecule has 0 spiro atoms. The number of rotatable bonds is 8. The van der Waals surface area contributed by atoms with Crippen LogP contribution in [-0.4, -0.2) is 46.9 Å². The van der Waals surface area contributed by atoms with Crippen LogP contribution in [-0.2, 0) is 16.0 Å². The molecule has 6 nitrogen and oxygen atoms in total. The monoisotopic (exact) mass is 504 g/mol. The van der Waals surface area contributed by atoms with Crippen molar-refractivity contribution in [2.24, 2.45) is 5.92 Å². The fraction of sp³-hybridized carbons (Fsp3) is 0.423. The van der Waals surface area contributed by atoms with Gasteiger partial charge in [0.25, 0.3) is 5.91 Å². The van der Waals surface area contributed by atoms with Crippen LogP contribution in [0, 0.1) is 5.92 Å². The van der Waals surface area contributed by atoms with E-state index in [1.807, 2.05) is 29.2 Å². The first-order valence-corrected chi connectivity index (χ1v) is 12.3. The first-order chi connectivity index (χ1) is 16.2. The molecule has 3 rings (SSSR count). The van der Waals surface area contributed by atoms with Gasteiger partial charge in [-0.2, -0.15) is 0 Å². The average molecular weight is 505 g/mol. The Morgan fingerprint density at radius 2 is 1.62 bits per heavy atom. The minimum Gasteiger partial charge on any atom is -0.480 e. The van der Waals surface area contributed by atoms with Crippen molar-refractivity contribution < 1.29 is 19.5 Å². The summed E-state index contributed by atoms with van der Waals surface area (Å²) >= 11 is 12.1. The second-order valence-corrected chi connectivity index (χ2v) is 9.97. The normalized spacial score (nSPS) is 15.3. The lowest BCUT2D eigenvalue weighted by Crippen LogP contribution is -2.42. The number of likely N-dealkylation sites (tertiary alicyclic amines) is 1. The molecule has 0 unspecified atom stereocenters. The van der Waals surface area contributed by atoms with Crippen LogP contribution in [0.25, 0.3) is 0 Å². The molecule has 34 heavy (non-hydrogen) atoms. The van der Waals surface area contributed by atoms with E-state index in [0.29, 0.717) is 18.3 Å². The SMILES string of the molecule is CC(C)CC(=O)N1CCC(c2ccc(C[C@H](NC(=O)c3c(Cl)cccc3Cl)C(=O)O)cc2)CC1. The lowest BCUT2D eigenvalue weighted by molar-refractivity contribution is -0.139. The summed E-state index contributed by atoms with van der Waals surface area (Å²) in [5.41, 5.74) is 2.04. The lowest BCUT2D eigenvalue weighted by Gasteiger charge is -2.32. The van der Waals surface area contributed by atoms with E-state index in [2.05, 4.69) is 19.2 Å². The molecule has 1 aliphatic rings. The molecule has 0 saturated carbocycles. The number of carbonyl (C=O) groups is 3. The van der Waals surface area contributed by atoms with E-state index in [9.17, 15) is 19.5 Å². The number of carbonyl (C=O) groups excluding carboxylic acids is 2. The van der Waals surface area contributed by atoms with E-state index in [1.54, 1.807) is 6.07 Å². The van der Waals surface area contributed by atoms with Crippen molar-refractivity contribution in [2.45, 2.75) is 51.5 Å². The van der Waals surface area contributed by atoms with Crippen LogP contribution in [0.4, 0.5) is 0 Å². The second-order valence-electron chi connectivity index (χ2n) is 9.16. The number of hydrogen-bond donors (Lipinski definition) is 2. The first kappa shape index (κ1) is 26.0. The van der Waals surface area contributed by atoms with Gasteiger partial charge in [0, 0.05) is 25.9 Å². The highest BCUT2D eigenvalue weighted by Gasteiger charge is 2.26. The first-order valence-electron chi connectivity index (χ1n) is 11.5. The number of carboxylic acids is 1. The van der Waals surface area contributed by atoms with Crippen LogP contribution in [0.1, 0.15) is 60.5 Å². The molecule has 1 saturated heterocycles. The van der Waals surface area contributed by atoms with Crippen molar-refractivity contribution >= 4 is 41.0 Å². The number of nitrogens with zero attached hydrogens (tertiary/aromatic N) is 1. The highest BCUT2D eigenvalue weighted by atomic mass is 35.5. The third kappa shape index (κ3) is 6.73. The van der Waals surface area contributed by atoms with Gasteiger partial charge in [-0.1, -0.05) is 67.4 Å². The maximum absolute atomic E-state index is 12.6. The third-order valence-electron chi connectivity index (χ3n) is 6.11. The van der Waals surface area contributed by atoms with Crippen LogP contribution in [0.15, 0.2) is 42.5 Å². The molecule has 0 aromatic heterocycles. The van der Waals surface area contributed by atoms with Gasteiger partial charge in [-0.25, -0.2) is 4.79 Å². The van der Waals surface area contributed by atoms with Crippen LogP contribution >= 0.6 is 23.2 Å². The quantitative estimate of drug-likeness (QED) is 0.518. The van der Waals surface area contributed by atoms with Crippen LogP contribution in [0.5, 0.6) is 0 Å². The fourth-order valence-electron chi connectivity index (χ4n) is 4.25. The summed E-state index contributed by atoms with van der Waals surface area (Å²) in [6.45, 7) is 5.63. The van der Waals surface area contributed by atoms with E-state index >= 15 is 0 Å². The van der Waals surface area contributed by atoms with E-state index < -0.39 is 17.9 Å². The number of amides is 2. The predicted octanol–water partition coefficient (Wildman–Crippen LogP) is 5.17. The van der Waals surface area contributed by atoms with Gasteiger partial charge in [-0.15, -0.1) is 0 Å². The summed E-state index contributed by atoms with van der Waals surface area (Å²) in [4.78, 5) is 38.7. The van der Waals surface area contributed by atoms with Crippen molar-refractivity contribution in [3.8, 4) is 0 Å². The third-order valence-corrected chi connectivity index (χ3v) is 6.74. The summed E-state index contributed by atoms with van der Waals surface area (Å²) in [5, 5.41) is 12.5. The summed E-state index contributed by atoms with van der Waals surface area (Å²) in [6, 6.07) is 11.4. The van der Waals surface area contributed by atoms with E-state index in [1.165, 1.54) is 17.7 Å². The van der Waals surface area contributed by atoms with E-state index in [0.717, 1.165) is 31.5 Å². The van der Waals surface area contributed by atoms with Gasteiger partial charge in [0.15, 0.2) is 0 Å². The Bertz CT molecular complexity index is 1010. The predicted molar refractivity (Wildman–Crippen MR) is 134 cm³/mol. The molecule has 2 aromatic carbocycles. The Morgan fingerprint density at radius 1 is 1.03 bits per heavy atom. The lowest BCUT2D eigenvalue weighted by atomic mass is 9.88. The molecule has 2 amide bonds. The van der Waals surface area contributed by atoms with Crippen LogP contribution in [0.3, 0.4) is 0 Å². The van der Waals surface area contributed by atoms with Crippen molar-refractivity contribution in [1.29, 1.82) is 0 Å². The fourth-order valence-corrected chi connectivity index (χ4v) is 4.82. The Morgan fingerprint density at radius 3 is 2.15 bits per heavy atom. The van der Waals surface area contributed by atoms with Crippen LogP contribution in [0.2, 0.25) is 10.0 Å². The van der Waals surface area contributed by atoms with E-state index in [4.69, 9.17) is 23.2 Å². The number of carboxylic acid groups (broad SMARTS) is 1. The number of halogens is 2.